The number of fused-ring (bicyclic) bond motifs is 1. The first-order valence-electron chi connectivity index (χ1n) is 9.79. The summed E-state index contributed by atoms with van der Waals surface area (Å²) in [7, 11) is 4.03. The zero-order chi connectivity index (χ0) is 19.0. The van der Waals surface area contributed by atoms with Gasteiger partial charge in [0.1, 0.15) is 0 Å². The molecule has 142 valence electrons. The summed E-state index contributed by atoms with van der Waals surface area (Å²) >= 11 is 0. The number of aliphatic hydroxyl groups is 1. The number of β-amino-alcohol motifs (C(OH)–C–C–N with tert-alkyl or cyclic N) is 1. The molecule has 2 aliphatic rings. The Morgan fingerprint density at radius 1 is 1.04 bits per heavy atom. The van der Waals surface area contributed by atoms with Gasteiger partial charge >= 0.3 is 0 Å². The van der Waals surface area contributed by atoms with E-state index >= 15 is 0 Å². The number of aliphatic hydroxyl groups excluding tert-OH is 1. The van der Waals surface area contributed by atoms with Crippen molar-refractivity contribution in [1.29, 1.82) is 0 Å². The first kappa shape index (κ1) is 18.2. The molecule has 0 spiro atoms. The van der Waals surface area contributed by atoms with E-state index in [1.165, 1.54) is 11.1 Å². The van der Waals surface area contributed by atoms with Crippen LogP contribution < -0.4 is 0 Å². The minimum absolute atomic E-state index is 0.0122. The molecule has 2 aromatic carbocycles. The van der Waals surface area contributed by atoms with Gasteiger partial charge in [-0.05, 0) is 50.0 Å². The third-order valence-corrected chi connectivity index (χ3v) is 6.49. The number of nitrogens with zero attached hydrogens (tertiary/aromatic N) is 2. The van der Waals surface area contributed by atoms with Gasteiger partial charge in [0.15, 0.2) is 0 Å². The van der Waals surface area contributed by atoms with Crippen molar-refractivity contribution in [3.05, 3.63) is 71.3 Å². The number of carbonyl (C=O) groups is 1. The average molecular weight is 364 g/mol. The van der Waals surface area contributed by atoms with Crippen molar-refractivity contribution >= 4 is 5.91 Å². The maximum Gasteiger partial charge on any atom is 0.226 e. The van der Waals surface area contributed by atoms with Crippen LogP contribution in [0.1, 0.15) is 23.1 Å². The molecule has 0 saturated carbocycles. The van der Waals surface area contributed by atoms with Crippen LogP contribution in [-0.2, 0) is 23.2 Å². The van der Waals surface area contributed by atoms with E-state index < -0.39 is 11.6 Å². The van der Waals surface area contributed by atoms with Gasteiger partial charge in [-0.2, -0.15) is 0 Å². The third-order valence-electron chi connectivity index (χ3n) is 6.49. The van der Waals surface area contributed by atoms with Crippen LogP contribution in [0.3, 0.4) is 0 Å². The second kappa shape index (κ2) is 7.10. The molecule has 1 aliphatic carbocycles. The van der Waals surface area contributed by atoms with Crippen LogP contribution in [0.2, 0.25) is 0 Å². The molecule has 0 bridgehead atoms. The maximum atomic E-state index is 13.1. The van der Waals surface area contributed by atoms with Crippen molar-refractivity contribution in [3.8, 4) is 0 Å². The van der Waals surface area contributed by atoms with Crippen LogP contribution in [0, 0.1) is 5.92 Å². The number of amides is 1. The molecule has 2 atom stereocenters. The lowest BCUT2D eigenvalue weighted by Crippen LogP contribution is -2.61. The van der Waals surface area contributed by atoms with E-state index in [4.69, 9.17) is 0 Å². The molecule has 1 heterocycles. The smallest absolute Gasteiger partial charge is 0.226 e. The molecule has 4 nitrogen and oxygen atoms in total. The monoisotopic (exact) mass is 364 g/mol. The van der Waals surface area contributed by atoms with E-state index in [-0.39, 0.29) is 11.8 Å². The predicted octanol–water partition coefficient (Wildman–Crippen LogP) is 2.45. The van der Waals surface area contributed by atoms with Gasteiger partial charge in [-0.25, -0.2) is 0 Å². The summed E-state index contributed by atoms with van der Waals surface area (Å²) in [6.07, 6.45) is 1.76. The Labute approximate surface area is 161 Å². The van der Waals surface area contributed by atoms with Crippen molar-refractivity contribution < 1.29 is 9.90 Å². The van der Waals surface area contributed by atoms with Crippen LogP contribution in [0.15, 0.2) is 54.6 Å². The van der Waals surface area contributed by atoms with Gasteiger partial charge in [-0.1, -0.05) is 54.6 Å². The summed E-state index contributed by atoms with van der Waals surface area (Å²) in [5.41, 5.74) is 3.25. The lowest BCUT2D eigenvalue weighted by Gasteiger charge is -2.50. The van der Waals surface area contributed by atoms with Crippen LogP contribution in [0.25, 0.3) is 0 Å². The highest BCUT2D eigenvalue weighted by atomic mass is 16.3. The fraction of sp³-hybridized carbons (Fsp3) is 0.435. The highest BCUT2D eigenvalue weighted by Gasteiger charge is 2.47. The molecule has 1 aliphatic heterocycles. The highest BCUT2D eigenvalue weighted by Crippen LogP contribution is 2.38. The van der Waals surface area contributed by atoms with E-state index in [2.05, 4.69) is 29.2 Å². The summed E-state index contributed by atoms with van der Waals surface area (Å²) in [6, 6.07) is 18.5. The van der Waals surface area contributed by atoms with Crippen molar-refractivity contribution in [2.24, 2.45) is 5.92 Å². The molecular weight excluding hydrogens is 336 g/mol. The molecule has 0 unspecified atom stereocenters. The lowest BCUT2D eigenvalue weighted by atomic mass is 9.77. The molecular formula is C23H28N2O2. The minimum atomic E-state index is -0.614. The lowest BCUT2D eigenvalue weighted by molar-refractivity contribution is -0.144. The Bertz CT molecular complexity index is 795. The summed E-state index contributed by atoms with van der Waals surface area (Å²) in [6.45, 7) is 1.06. The number of rotatable bonds is 3. The topological polar surface area (TPSA) is 43.8 Å². The third kappa shape index (κ3) is 3.07. The van der Waals surface area contributed by atoms with Gasteiger partial charge in [-0.3, -0.25) is 9.69 Å². The van der Waals surface area contributed by atoms with Crippen LogP contribution in [0.5, 0.6) is 0 Å². The number of benzene rings is 2. The zero-order valence-electron chi connectivity index (χ0n) is 16.1. The molecule has 0 aromatic heterocycles. The van der Waals surface area contributed by atoms with E-state index in [9.17, 15) is 9.90 Å². The quantitative estimate of drug-likeness (QED) is 0.910. The average Bonchev–Trinajstić information content (AvgIpc) is 3.12. The predicted molar refractivity (Wildman–Crippen MR) is 106 cm³/mol. The van der Waals surface area contributed by atoms with Gasteiger partial charge < -0.3 is 10.0 Å². The van der Waals surface area contributed by atoms with E-state index in [1.54, 1.807) is 0 Å². The molecule has 4 heteroatoms. The van der Waals surface area contributed by atoms with Crippen molar-refractivity contribution in [2.45, 2.75) is 30.9 Å². The molecule has 0 radical (unpaired) electrons. The first-order chi connectivity index (χ1) is 13.0. The van der Waals surface area contributed by atoms with Gasteiger partial charge in [0, 0.05) is 19.0 Å². The molecule has 1 N–H and O–H groups in total. The first-order valence-corrected chi connectivity index (χ1v) is 9.79. The maximum absolute atomic E-state index is 13.1. The molecule has 1 amide bonds. The molecule has 1 fully saturated rings. The second-order valence-corrected chi connectivity index (χ2v) is 8.11. The number of likely N-dealkylation sites (N-methyl/N-ethyl adjacent to an activating group) is 1. The summed E-state index contributed by atoms with van der Waals surface area (Å²) < 4.78 is 0. The summed E-state index contributed by atoms with van der Waals surface area (Å²) in [5, 5.41) is 11.1. The molecule has 1 saturated heterocycles. The van der Waals surface area contributed by atoms with E-state index in [0.29, 0.717) is 13.1 Å². The van der Waals surface area contributed by atoms with Gasteiger partial charge in [0.05, 0.1) is 11.6 Å². The number of piperidine rings is 1. The Morgan fingerprint density at radius 3 is 2.19 bits per heavy atom. The van der Waals surface area contributed by atoms with Gasteiger partial charge in [-0.15, -0.1) is 0 Å². The van der Waals surface area contributed by atoms with Crippen molar-refractivity contribution in [3.63, 3.8) is 0 Å². The number of hydrogen-bond donors (Lipinski definition) is 1. The van der Waals surface area contributed by atoms with Crippen LogP contribution >= 0.6 is 0 Å². The number of hydrogen-bond acceptors (Lipinski definition) is 3. The Hall–Kier alpha value is -2.17. The number of likely N-dealkylation sites (tertiary alicyclic amines) is 1. The van der Waals surface area contributed by atoms with Gasteiger partial charge in [0.2, 0.25) is 5.91 Å². The van der Waals surface area contributed by atoms with Crippen LogP contribution in [0.4, 0.5) is 0 Å². The second-order valence-electron chi connectivity index (χ2n) is 8.11. The summed E-state index contributed by atoms with van der Waals surface area (Å²) in [4.78, 5) is 17.1. The van der Waals surface area contributed by atoms with Gasteiger partial charge in [0.25, 0.3) is 0 Å². The standard InChI is InChI=1S/C23H28N2O2/c1-24(2)23(20-10-4-3-5-11-20)12-13-25(16-21(23)26)22(27)19-14-17-8-6-7-9-18(17)15-19/h3-11,19,21,26H,12-16H2,1-2H3/t21-,23+/m1/s1. The van der Waals surface area contributed by atoms with Crippen molar-refractivity contribution in [2.75, 3.05) is 27.2 Å². The van der Waals surface area contributed by atoms with E-state index in [0.717, 1.165) is 24.8 Å². The molecule has 27 heavy (non-hydrogen) atoms. The minimum Gasteiger partial charge on any atom is -0.389 e. The SMILES string of the molecule is CN(C)[C@]1(c2ccccc2)CCN(C(=O)C2Cc3ccccc3C2)C[C@H]1O. The van der Waals surface area contributed by atoms with Crippen molar-refractivity contribution in [1.82, 2.24) is 9.80 Å². The number of carbonyl (C=O) groups excluding carboxylic acids is 1. The fourth-order valence-electron chi connectivity index (χ4n) is 4.96. The normalized spacial score (nSPS) is 25.6. The largest absolute Gasteiger partial charge is 0.389 e. The Morgan fingerprint density at radius 2 is 1.63 bits per heavy atom. The molecule has 4 rings (SSSR count). The highest BCUT2D eigenvalue weighted by molar-refractivity contribution is 5.80. The van der Waals surface area contributed by atoms with E-state index in [1.807, 2.05) is 49.3 Å². The fourth-order valence-corrected chi connectivity index (χ4v) is 4.96. The summed E-state index contributed by atoms with van der Waals surface area (Å²) in [5.74, 6) is 0.198. The Kier molecular flexibility index (Phi) is 4.79. The Balaban J connectivity index is 1.51. The molecule has 2 aromatic rings. The van der Waals surface area contributed by atoms with Crippen LogP contribution in [-0.4, -0.2) is 54.1 Å². The zero-order valence-corrected chi connectivity index (χ0v) is 16.1.